The van der Waals surface area contributed by atoms with Crippen LogP contribution >= 0.6 is 0 Å². The maximum atomic E-state index is 12.4. The molecule has 0 saturated heterocycles. The standard InChI is InChI=1S/C19H29N3O/c1-22-10-2-3-17-11-15(6-9-18(17)22)13-21-19(23)16-7-4-14(12-20)5-8-16/h6,9,11,14,16H,2-5,7-8,10,12-13,20H2,1H3,(H,21,23). The Hall–Kier alpha value is -1.55. The van der Waals surface area contributed by atoms with Gasteiger partial charge >= 0.3 is 0 Å². The number of hydrogen-bond acceptors (Lipinski definition) is 3. The van der Waals surface area contributed by atoms with E-state index >= 15 is 0 Å². The van der Waals surface area contributed by atoms with Gasteiger partial charge in [0.05, 0.1) is 0 Å². The minimum absolute atomic E-state index is 0.182. The van der Waals surface area contributed by atoms with Crippen LogP contribution in [0.1, 0.15) is 43.2 Å². The van der Waals surface area contributed by atoms with Crippen molar-refractivity contribution in [1.29, 1.82) is 0 Å². The molecular formula is C19H29N3O. The molecule has 0 bridgehead atoms. The number of benzene rings is 1. The summed E-state index contributed by atoms with van der Waals surface area (Å²) in [5.41, 5.74) is 9.68. The number of fused-ring (bicyclic) bond motifs is 1. The van der Waals surface area contributed by atoms with Crippen molar-refractivity contribution in [2.75, 3.05) is 25.0 Å². The highest BCUT2D eigenvalue weighted by atomic mass is 16.1. The molecule has 0 spiro atoms. The highest BCUT2D eigenvalue weighted by molar-refractivity contribution is 5.78. The van der Waals surface area contributed by atoms with E-state index < -0.39 is 0 Å². The summed E-state index contributed by atoms with van der Waals surface area (Å²) in [4.78, 5) is 14.7. The minimum atomic E-state index is 0.182. The summed E-state index contributed by atoms with van der Waals surface area (Å²) in [7, 11) is 2.15. The van der Waals surface area contributed by atoms with Crippen molar-refractivity contribution in [3.63, 3.8) is 0 Å². The summed E-state index contributed by atoms with van der Waals surface area (Å²) in [5, 5.41) is 3.14. The number of nitrogens with two attached hydrogens (primary N) is 1. The van der Waals surface area contributed by atoms with E-state index in [1.807, 2.05) is 0 Å². The van der Waals surface area contributed by atoms with E-state index in [2.05, 4.69) is 35.5 Å². The molecule has 1 aromatic rings. The minimum Gasteiger partial charge on any atom is -0.374 e. The topological polar surface area (TPSA) is 58.4 Å². The zero-order chi connectivity index (χ0) is 16.2. The number of hydrogen-bond donors (Lipinski definition) is 2. The van der Waals surface area contributed by atoms with Crippen molar-refractivity contribution in [3.05, 3.63) is 29.3 Å². The summed E-state index contributed by atoms with van der Waals surface area (Å²) in [5.74, 6) is 1.02. The molecule has 126 valence electrons. The summed E-state index contributed by atoms with van der Waals surface area (Å²) in [6, 6.07) is 6.60. The second-order valence-corrected chi connectivity index (χ2v) is 7.16. The first-order valence-electron chi connectivity index (χ1n) is 8.98. The normalized spacial score (nSPS) is 24.2. The van der Waals surface area contributed by atoms with Gasteiger partial charge in [-0.2, -0.15) is 0 Å². The molecule has 1 aliphatic carbocycles. The first-order chi connectivity index (χ1) is 11.2. The maximum Gasteiger partial charge on any atom is 0.223 e. The largest absolute Gasteiger partial charge is 0.374 e. The van der Waals surface area contributed by atoms with Crippen molar-refractivity contribution in [3.8, 4) is 0 Å². The third kappa shape index (κ3) is 3.86. The lowest BCUT2D eigenvalue weighted by atomic mass is 9.81. The van der Waals surface area contributed by atoms with Crippen LogP contribution in [0.2, 0.25) is 0 Å². The van der Waals surface area contributed by atoms with E-state index in [-0.39, 0.29) is 11.8 Å². The Labute approximate surface area is 139 Å². The number of amides is 1. The quantitative estimate of drug-likeness (QED) is 0.897. The first-order valence-corrected chi connectivity index (χ1v) is 8.98. The Morgan fingerprint density at radius 1 is 1.30 bits per heavy atom. The lowest BCUT2D eigenvalue weighted by Crippen LogP contribution is -2.34. The van der Waals surface area contributed by atoms with Gasteiger partial charge in [-0.15, -0.1) is 0 Å². The van der Waals surface area contributed by atoms with Gasteiger partial charge in [-0.05, 0) is 68.2 Å². The number of anilines is 1. The predicted octanol–water partition coefficient (Wildman–Crippen LogP) is 2.45. The van der Waals surface area contributed by atoms with Crippen LogP contribution in [0.15, 0.2) is 18.2 Å². The molecule has 1 aromatic carbocycles. The van der Waals surface area contributed by atoms with Gasteiger partial charge in [0, 0.05) is 31.7 Å². The zero-order valence-corrected chi connectivity index (χ0v) is 14.2. The SMILES string of the molecule is CN1CCCc2cc(CNC(=O)C3CCC(CN)CC3)ccc21. The highest BCUT2D eigenvalue weighted by Crippen LogP contribution is 2.29. The fourth-order valence-electron chi connectivity index (χ4n) is 3.94. The van der Waals surface area contributed by atoms with Gasteiger partial charge in [-0.3, -0.25) is 4.79 Å². The van der Waals surface area contributed by atoms with Crippen molar-refractivity contribution in [1.82, 2.24) is 5.32 Å². The van der Waals surface area contributed by atoms with E-state index in [1.54, 1.807) is 0 Å². The van der Waals surface area contributed by atoms with Gasteiger partial charge in [0.1, 0.15) is 0 Å². The van der Waals surface area contributed by atoms with Crippen molar-refractivity contribution < 1.29 is 4.79 Å². The Morgan fingerprint density at radius 3 is 2.83 bits per heavy atom. The molecule has 0 aromatic heterocycles. The number of carbonyl (C=O) groups excluding carboxylic acids is 1. The molecule has 0 radical (unpaired) electrons. The summed E-state index contributed by atoms with van der Waals surface area (Å²) >= 11 is 0. The number of aryl methyl sites for hydroxylation is 1. The number of rotatable bonds is 4. The van der Waals surface area contributed by atoms with E-state index in [9.17, 15) is 4.79 Å². The van der Waals surface area contributed by atoms with Gasteiger partial charge in [-0.25, -0.2) is 0 Å². The molecule has 23 heavy (non-hydrogen) atoms. The van der Waals surface area contributed by atoms with Gasteiger partial charge in [0.2, 0.25) is 5.91 Å². The van der Waals surface area contributed by atoms with Crippen LogP contribution in [0.25, 0.3) is 0 Å². The van der Waals surface area contributed by atoms with E-state index in [1.165, 1.54) is 23.2 Å². The Balaban J connectivity index is 1.53. The van der Waals surface area contributed by atoms with Gasteiger partial charge < -0.3 is 16.0 Å². The number of nitrogens with one attached hydrogen (secondary N) is 1. The zero-order valence-electron chi connectivity index (χ0n) is 14.2. The fraction of sp³-hybridized carbons (Fsp3) is 0.632. The van der Waals surface area contributed by atoms with Gasteiger partial charge in [-0.1, -0.05) is 12.1 Å². The van der Waals surface area contributed by atoms with E-state index in [0.29, 0.717) is 12.5 Å². The molecule has 1 saturated carbocycles. The molecule has 1 aliphatic heterocycles. The lowest BCUT2D eigenvalue weighted by Gasteiger charge is -2.28. The van der Waals surface area contributed by atoms with Crippen LogP contribution in [0.4, 0.5) is 5.69 Å². The Morgan fingerprint density at radius 2 is 2.09 bits per heavy atom. The third-order valence-corrected chi connectivity index (χ3v) is 5.51. The molecule has 0 atom stereocenters. The summed E-state index contributed by atoms with van der Waals surface area (Å²) in [6.45, 7) is 2.54. The average molecular weight is 315 g/mol. The third-order valence-electron chi connectivity index (χ3n) is 5.51. The first kappa shape index (κ1) is 16.3. The van der Waals surface area contributed by atoms with Crippen LogP contribution < -0.4 is 16.0 Å². The molecule has 3 N–H and O–H groups in total. The summed E-state index contributed by atoms with van der Waals surface area (Å²) < 4.78 is 0. The van der Waals surface area contributed by atoms with Crippen molar-refractivity contribution in [2.24, 2.45) is 17.6 Å². The maximum absolute atomic E-state index is 12.4. The molecule has 3 rings (SSSR count). The number of nitrogens with zero attached hydrogens (tertiary/aromatic N) is 1. The van der Waals surface area contributed by atoms with Crippen LogP contribution in [0.5, 0.6) is 0 Å². The molecule has 1 amide bonds. The lowest BCUT2D eigenvalue weighted by molar-refractivity contribution is -0.126. The van der Waals surface area contributed by atoms with Crippen LogP contribution in [-0.4, -0.2) is 26.0 Å². The van der Waals surface area contributed by atoms with Crippen LogP contribution in [0, 0.1) is 11.8 Å². The van der Waals surface area contributed by atoms with E-state index in [0.717, 1.165) is 45.2 Å². The molecule has 0 unspecified atom stereocenters. The predicted molar refractivity (Wildman–Crippen MR) is 94.4 cm³/mol. The second-order valence-electron chi connectivity index (χ2n) is 7.16. The smallest absolute Gasteiger partial charge is 0.223 e. The second kappa shape index (κ2) is 7.35. The van der Waals surface area contributed by atoms with Crippen LogP contribution in [0.3, 0.4) is 0 Å². The van der Waals surface area contributed by atoms with Crippen LogP contribution in [-0.2, 0) is 17.8 Å². The molecule has 1 heterocycles. The fourth-order valence-corrected chi connectivity index (χ4v) is 3.94. The molecule has 4 nitrogen and oxygen atoms in total. The van der Waals surface area contributed by atoms with Gasteiger partial charge in [0.25, 0.3) is 0 Å². The van der Waals surface area contributed by atoms with E-state index in [4.69, 9.17) is 5.73 Å². The monoisotopic (exact) mass is 315 g/mol. The Kier molecular flexibility index (Phi) is 5.21. The average Bonchev–Trinajstić information content (AvgIpc) is 2.60. The molecule has 4 heteroatoms. The Bertz CT molecular complexity index is 550. The van der Waals surface area contributed by atoms with Gasteiger partial charge in [0.15, 0.2) is 0 Å². The molecule has 1 fully saturated rings. The number of carbonyl (C=O) groups is 1. The molecule has 2 aliphatic rings. The van der Waals surface area contributed by atoms with Crippen molar-refractivity contribution in [2.45, 2.75) is 45.1 Å². The summed E-state index contributed by atoms with van der Waals surface area (Å²) in [6.07, 6.45) is 6.53. The molecular weight excluding hydrogens is 286 g/mol. The highest BCUT2D eigenvalue weighted by Gasteiger charge is 2.25. The van der Waals surface area contributed by atoms with Crippen molar-refractivity contribution >= 4 is 11.6 Å².